The van der Waals surface area contributed by atoms with E-state index in [-0.39, 0.29) is 18.0 Å². The molecule has 0 spiro atoms. The summed E-state index contributed by atoms with van der Waals surface area (Å²) in [5.74, 6) is 0.00241. The van der Waals surface area contributed by atoms with Gasteiger partial charge in [0, 0.05) is 18.6 Å². The van der Waals surface area contributed by atoms with Crippen LogP contribution < -0.4 is 5.73 Å². The maximum absolute atomic E-state index is 12.5. The molecule has 1 heterocycles. The molecule has 2 N–H and O–H groups in total. The molecular formula is C14H19ClN2O. The number of halogens is 1. The second-order valence-electron chi connectivity index (χ2n) is 4.90. The molecule has 0 saturated carbocycles. The molecule has 0 aromatic heterocycles. The Morgan fingerprint density at radius 1 is 1.44 bits per heavy atom. The van der Waals surface area contributed by atoms with Crippen LogP contribution in [0.2, 0.25) is 5.02 Å². The predicted octanol–water partition coefficient (Wildman–Crippen LogP) is 2.68. The van der Waals surface area contributed by atoms with Crippen LogP contribution in [0.5, 0.6) is 0 Å². The Balaban J connectivity index is 2.24. The lowest BCUT2D eigenvalue weighted by Crippen LogP contribution is -2.51. The molecule has 18 heavy (non-hydrogen) atoms. The Morgan fingerprint density at radius 2 is 2.17 bits per heavy atom. The molecule has 0 aliphatic carbocycles. The van der Waals surface area contributed by atoms with Crippen molar-refractivity contribution in [3.05, 3.63) is 34.9 Å². The van der Waals surface area contributed by atoms with E-state index in [0.717, 1.165) is 25.8 Å². The zero-order chi connectivity index (χ0) is 13.1. The molecule has 0 bridgehead atoms. The van der Waals surface area contributed by atoms with Gasteiger partial charge in [0.1, 0.15) is 0 Å². The quantitative estimate of drug-likeness (QED) is 0.895. The molecule has 3 nitrogen and oxygen atoms in total. The molecule has 1 amide bonds. The number of benzene rings is 1. The fraction of sp³-hybridized carbons (Fsp3) is 0.500. The third kappa shape index (κ3) is 2.68. The SMILES string of the molecule is CC(N)C1CCCCN1C(=O)c1ccccc1Cl. The first-order valence-corrected chi connectivity index (χ1v) is 6.80. The van der Waals surface area contributed by atoms with Gasteiger partial charge in [-0.2, -0.15) is 0 Å². The van der Waals surface area contributed by atoms with Crippen LogP contribution >= 0.6 is 11.6 Å². The minimum atomic E-state index is -0.00302. The first-order valence-electron chi connectivity index (χ1n) is 6.42. The molecule has 2 atom stereocenters. The van der Waals surface area contributed by atoms with Crippen LogP contribution in [-0.2, 0) is 0 Å². The number of nitrogens with two attached hydrogens (primary N) is 1. The van der Waals surface area contributed by atoms with Crippen LogP contribution in [0.25, 0.3) is 0 Å². The summed E-state index contributed by atoms with van der Waals surface area (Å²) >= 11 is 6.09. The highest BCUT2D eigenvalue weighted by molar-refractivity contribution is 6.33. The third-order valence-electron chi connectivity index (χ3n) is 3.52. The molecule has 1 aliphatic heterocycles. The second-order valence-corrected chi connectivity index (χ2v) is 5.31. The lowest BCUT2D eigenvalue weighted by atomic mass is 9.96. The lowest BCUT2D eigenvalue weighted by Gasteiger charge is -2.38. The highest BCUT2D eigenvalue weighted by atomic mass is 35.5. The molecule has 4 heteroatoms. The molecular weight excluding hydrogens is 248 g/mol. The number of hydrogen-bond acceptors (Lipinski definition) is 2. The van der Waals surface area contributed by atoms with Gasteiger partial charge in [-0.05, 0) is 38.3 Å². The molecule has 1 aromatic carbocycles. The van der Waals surface area contributed by atoms with Gasteiger partial charge in [0.25, 0.3) is 5.91 Å². The summed E-state index contributed by atoms with van der Waals surface area (Å²) in [4.78, 5) is 14.4. The number of piperidine rings is 1. The summed E-state index contributed by atoms with van der Waals surface area (Å²) in [5, 5.41) is 0.511. The zero-order valence-electron chi connectivity index (χ0n) is 10.6. The normalized spacial score (nSPS) is 21.7. The van der Waals surface area contributed by atoms with Crippen molar-refractivity contribution in [3.63, 3.8) is 0 Å². The van der Waals surface area contributed by atoms with Crippen LogP contribution in [-0.4, -0.2) is 29.4 Å². The number of hydrogen-bond donors (Lipinski definition) is 1. The fourth-order valence-corrected chi connectivity index (χ4v) is 2.76. The summed E-state index contributed by atoms with van der Waals surface area (Å²) < 4.78 is 0. The lowest BCUT2D eigenvalue weighted by molar-refractivity contribution is 0.0584. The van der Waals surface area contributed by atoms with Gasteiger partial charge < -0.3 is 10.6 Å². The molecule has 1 aliphatic rings. The van der Waals surface area contributed by atoms with E-state index in [2.05, 4.69) is 0 Å². The van der Waals surface area contributed by atoms with Gasteiger partial charge in [-0.25, -0.2) is 0 Å². The predicted molar refractivity (Wildman–Crippen MR) is 73.8 cm³/mol. The van der Waals surface area contributed by atoms with Gasteiger partial charge in [-0.3, -0.25) is 4.79 Å². The van der Waals surface area contributed by atoms with E-state index in [4.69, 9.17) is 17.3 Å². The van der Waals surface area contributed by atoms with Gasteiger partial charge in [0.2, 0.25) is 0 Å². The number of carbonyl (C=O) groups excluding carboxylic acids is 1. The smallest absolute Gasteiger partial charge is 0.255 e. The van der Waals surface area contributed by atoms with E-state index in [9.17, 15) is 4.79 Å². The van der Waals surface area contributed by atoms with Crippen LogP contribution in [0.4, 0.5) is 0 Å². The number of likely N-dealkylation sites (tertiary alicyclic amines) is 1. The Hall–Kier alpha value is -1.06. The van der Waals surface area contributed by atoms with Crippen LogP contribution in [0, 0.1) is 0 Å². The number of rotatable bonds is 2. The topological polar surface area (TPSA) is 46.3 Å². The van der Waals surface area contributed by atoms with Gasteiger partial charge >= 0.3 is 0 Å². The monoisotopic (exact) mass is 266 g/mol. The minimum Gasteiger partial charge on any atom is -0.334 e. The van der Waals surface area contributed by atoms with E-state index in [1.165, 1.54) is 0 Å². The van der Waals surface area contributed by atoms with E-state index in [0.29, 0.717) is 10.6 Å². The van der Waals surface area contributed by atoms with Crippen molar-refractivity contribution in [2.45, 2.75) is 38.3 Å². The summed E-state index contributed by atoms with van der Waals surface area (Å²) in [6.45, 7) is 2.74. The standard InChI is InChI=1S/C14H19ClN2O/c1-10(16)13-8-4-5-9-17(13)14(18)11-6-2-3-7-12(11)15/h2-3,6-7,10,13H,4-5,8-9,16H2,1H3. The molecule has 1 aromatic rings. The summed E-state index contributed by atoms with van der Waals surface area (Å²) in [5.41, 5.74) is 6.56. The summed E-state index contributed by atoms with van der Waals surface area (Å²) in [7, 11) is 0. The molecule has 2 unspecified atom stereocenters. The van der Waals surface area contributed by atoms with Crippen molar-refractivity contribution in [3.8, 4) is 0 Å². The van der Waals surface area contributed by atoms with Crippen molar-refractivity contribution in [2.24, 2.45) is 5.73 Å². The van der Waals surface area contributed by atoms with Gasteiger partial charge in [-0.1, -0.05) is 23.7 Å². The van der Waals surface area contributed by atoms with Gasteiger partial charge in [0.15, 0.2) is 0 Å². The highest BCUT2D eigenvalue weighted by Crippen LogP contribution is 2.24. The van der Waals surface area contributed by atoms with Gasteiger partial charge in [0.05, 0.1) is 10.6 Å². The second kappa shape index (κ2) is 5.72. The number of amides is 1. The molecule has 1 fully saturated rings. The van der Waals surface area contributed by atoms with Gasteiger partial charge in [-0.15, -0.1) is 0 Å². The number of carbonyl (C=O) groups is 1. The Kier molecular flexibility index (Phi) is 4.25. The van der Waals surface area contributed by atoms with Crippen molar-refractivity contribution >= 4 is 17.5 Å². The molecule has 1 saturated heterocycles. The van der Waals surface area contributed by atoms with Crippen LogP contribution in [0.15, 0.2) is 24.3 Å². The average Bonchev–Trinajstić information content (AvgIpc) is 2.38. The van der Waals surface area contributed by atoms with Crippen molar-refractivity contribution in [1.29, 1.82) is 0 Å². The summed E-state index contributed by atoms with van der Waals surface area (Å²) in [6, 6.07) is 7.32. The van der Waals surface area contributed by atoms with E-state index in [1.807, 2.05) is 24.0 Å². The van der Waals surface area contributed by atoms with Crippen LogP contribution in [0.1, 0.15) is 36.5 Å². The zero-order valence-corrected chi connectivity index (χ0v) is 11.4. The Labute approximate surface area is 113 Å². The van der Waals surface area contributed by atoms with Crippen LogP contribution in [0.3, 0.4) is 0 Å². The Morgan fingerprint density at radius 3 is 2.83 bits per heavy atom. The molecule has 0 radical (unpaired) electrons. The first-order chi connectivity index (χ1) is 8.61. The Bertz CT molecular complexity index is 434. The maximum atomic E-state index is 12.5. The molecule has 98 valence electrons. The number of nitrogens with zero attached hydrogens (tertiary/aromatic N) is 1. The fourth-order valence-electron chi connectivity index (χ4n) is 2.55. The highest BCUT2D eigenvalue weighted by Gasteiger charge is 2.30. The van der Waals surface area contributed by atoms with E-state index >= 15 is 0 Å². The molecule has 2 rings (SSSR count). The third-order valence-corrected chi connectivity index (χ3v) is 3.85. The average molecular weight is 267 g/mol. The van der Waals surface area contributed by atoms with E-state index in [1.54, 1.807) is 12.1 Å². The first kappa shape index (κ1) is 13.4. The summed E-state index contributed by atoms with van der Waals surface area (Å²) in [6.07, 6.45) is 3.16. The van der Waals surface area contributed by atoms with Crippen molar-refractivity contribution in [1.82, 2.24) is 4.90 Å². The maximum Gasteiger partial charge on any atom is 0.255 e. The largest absolute Gasteiger partial charge is 0.334 e. The minimum absolute atomic E-state index is 0.00241. The van der Waals surface area contributed by atoms with E-state index < -0.39 is 0 Å². The van der Waals surface area contributed by atoms with Crippen molar-refractivity contribution in [2.75, 3.05) is 6.54 Å². The van der Waals surface area contributed by atoms with Crippen molar-refractivity contribution < 1.29 is 4.79 Å².